The number of imidazole rings is 1. The number of nitrogens with one attached hydrogen (secondary N) is 1. The molecule has 1 aliphatic rings. The molecule has 1 N–H and O–H groups in total. The number of fused-ring (bicyclic) bond motifs is 2. The molecule has 4 rings (SSSR count). The molecular weight excluding hydrogens is 340 g/mol. The van der Waals surface area contributed by atoms with Gasteiger partial charge in [0.2, 0.25) is 10.0 Å². The number of aryl methyl sites for hydroxylation is 3. The Hall–Kier alpha value is -2.26. The van der Waals surface area contributed by atoms with Gasteiger partial charge < -0.3 is 4.57 Å². The van der Waals surface area contributed by atoms with E-state index >= 15 is 0 Å². The molecule has 1 aliphatic heterocycles. The van der Waals surface area contributed by atoms with Crippen molar-refractivity contribution in [2.45, 2.75) is 31.2 Å². The first kappa shape index (κ1) is 16.2. The maximum absolute atomic E-state index is 12.6. The maximum atomic E-state index is 12.6. The first-order valence-corrected chi connectivity index (χ1v) is 9.71. The molecule has 8 nitrogen and oxygen atoms in total. The van der Waals surface area contributed by atoms with Crippen molar-refractivity contribution in [2.24, 2.45) is 13.0 Å². The number of hydrogen-bond donors (Lipinski definition) is 1. The highest BCUT2D eigenvalue weighted by molar-refractivity contribution is 7.89. The van der Waals surface area contributed by atoms with Crippen LogP contribution in [-0.4, -0.2) is 39.3 Å². The van der Waals surface area contributed by atoms with Crippen molar-refractivity contribution < 1.29 is 8.42 Å². The van der Waals surface area contributed by atoms with Gasteiger partial charge in [-0.1, -0.05) is 0 Å². The Kier molecular flexibility index (Phi) is 3.84. The summed E-state index contributed by atoms with van der Waals surface area (Å²) >= 11 is 0. The summed E-state index contributed by atoms with van der Waals surface area (Å²) < 4.78 is 31.7. The summed E-state index contributed by atoms with van der Waals surface area (Å²) in [5.74, 6) is 1.33. The van der Waals surface area contributed by atoms with Crippen LogP contribution < -0.4 is 4.72 Å². The summed E-state index contributed by atoms with van der Waals surface area (Å²) in [4.78, 5) is 8.73. The van der Waals surface area contributed by atoms with Gasteiger partial charge in [0.1, 0.15) is 10.7 Å². The zero-order chi connectivity index (χ0) is 17.6. The maximum Gasteiger partial charge on any atom is 0.242 e. The largest absolute Gasteiger partial charge is 0.335 e. The fraction of sp³-hybridized carbons (Fsp3) is 0.438. The summed E-state index contributed by atoms with van der Waals surface area (Å²) in [5, 5.41) is 5.03. The molecule has 0 aromatic carbocycles. The van der Waals surface area contributed by atoms with E-state index in [0.717, 1.165) is 36.3 Å². The van der Waals surface area contributed by atoms with Crippen LogP contribution in [0.15, 0.2) is 29.6 Å². The third-order valence-corrected chi connectivity index (χ3v) is 6.13. The molecule has 0 fully saturated rings. The smallest absolute Gasteiger partial charge is 0.242 e. The van der Waals surface area contributed by atoms with Crippen LogP contribution in [0.5, 0.6) is 0 Å². The molecule has 0 spiro atoms. The summed E-state index contributed by atoms with van der Waals surface area (Å²) in [6.07, 6.45) is 6.93. The number of rotatable bonds is 4. The first-order chi connectivity index (χ1) is 11.9. The SMILES string of the molecule is Cc1nn(C)c2ncc(S(=O)(=O)NC[C@H]3CCc4nccn4C3)cc12. The predicted molar refractivity (Wildman–Crippen MR) is 92.5 cm³/mol. The minimum atomic E-state index is -3.60. The molecule has 1 atom stereocenters. The summed E-state index contributed by atoms with van der Waals surface area (Å²) in [7, 11) is -1.80. The molecule has 0 amide bonds. The van der Waals surface area contributed by atoms with Gasteiger partial charge in [0.15, 0.2) is 5.65 Å². The van der Waals surface area contributed by atoms with E-state index in [-0.39, 0.29) is 10.8 Å². The van der Waals surface area contributed by atoms with Crippen molar-refractivity contribution >= 4 is 21.1 Å². The fourth-order valence-electron chi connectivity index (χ4n) is 3.35. The van der Waals surface area contributed by atoms with E-state index in [1.165, 1.54) is 6.20 Å². The fourth-order valence-corrected chi connectivity index (χ4v) is 4.44. The highest BCUT2D eigenvalue weighted by Crippen LogP contribution is 2.21. The van der Waals surface area contributed by atoms with Crippen molar-refractivity contribution in [3.63, 3.8) is 0 Å². The first-order valence-electron chi connectivity index (χ1n) is 8.23. The van der Waals surface area contributed by atoms with Crippen LogP contribution >= 0.6 is 0 Å². The second-order valence-corrected chi connectivity index (χ2v) is 8.27. The molecule has 4 heterocycles. The van der Waals surface area contributed by atoms with Crippen LogP contribution in [0.25, 0.3) is 11.0 Å². The minimum absolute atomic E-state index is 0.176. The van der Waals surface area contributed by atoms with Crippen molar-refractivity contribution in [2.75, 3.05) is 6.54 Å². The van der Waals surface area contributed by atoms with Crippen molar-refractivity contribution in [3.05, 3.63) is 36.2 Å². The Morgan fingerprint density at radius 2 is 2.20 bits per heavy atom. The monoisotopic (exact) mass is 360 g/mol. The van der Waals surface area contributed by atoms with E-state index in [9.17, 15) is 8.42 Å². The third-order valence-electron chi connectivity index (χ3n) is 4.74. The number of sulfonamides is 1. The zero-order valence-corrected chi connectivity index (χ0v) is 15.0. The van der Waals surface area contributed by atoms with Crippen LogP contribution in [0.4, 0.5) is 0 Å². The second kappa shape index (κ2) is 5.92. The summed E-state index contributed by atoms with van der Waals surface area (Å²) in [6.45, 7) is 3.04. The Labute approximate surface area is 145 Å². The van der Waals surface area contributed by atoms with E-state index in [1.807, 2.05) is 13.1 Å². The number of nitrogens with zero attached hydrogens (tertiary/aromatic N) is 5. The molecule has 9 heteroatoms. The van der Waals surface area contributed by atoms with Crippen LogP contribution in [0, 0.1) is 12.8 Å². The molecule has 0 radical (unpaired) electrons. The van der Waals surface area contributed by atoms with E-state index in [2.05, 4.69) is 24.4 Å². The summed E-state index contributed by atoms with van der Waals surface area (Å²) in [6, 6.07) is 1.64. The van der Waals surface area contributed by atoms with Crippen LogP contribution in [-0.2, 0) is 30.0 Å². The molecule has 0 aliphatic carbocycles. The van der Waals surface area contributed by atoms with Gasteiger partial charge in [-0.15, -0.1) is 0 Å². The van der Waals surface area contributed by atoms with Crippen LogP contribution in [0.3, 0.4) is 0 Å². The van der Waals surface area contributed by atoms with Gasteiger partial charge in [0, 0.05) is 50.5 Å². The van der Waals surface area contributed by atoms with Gasteiger partial charge in [0.25, 0.3) is 0 Å². The molecule has 0 bridgehead atoms. The van der Waals surface area contributed by atoms with Gasteiger partial charge in [-0.05, 0) is 25.3 Å². The molecule has 3 aromatic heterocycles. The second-order valence-electron chi connectivity index (χ2n) is 6.50. The van der Waals surface area contributed by atoms with Gasteiger partial charge in [0.05, 0.1) is 5.69 Å². The molecule has 132 valence electrons. The lowest BCUT2D eigenvalue weighted by atomic mass is 10.00. The average Bonchev–Trinajstić information content (AvgIpc) is 3.17. The van der Waals surface area contributed by atoms with E-state index in [1.54, 1.807) is 24.0 Å². The Morgan fingerprint density at radius 3 is 3.04 bits per heavy atom. The zero-order valence-electron chi connectivity index (χ0n) is 14.2. The molecule has 0 saturated carbocycles. The lowest BCUT2D eigenvalue weighted by Crippen LogP contribution is -2.33. The van der Waals surface area contributed by atoms with Gasteiger partial charge in [-0.3, -0.25) is 4.68 Å². The van der Waals surface area contributed by atoms with Crippen molar-refractivity contribution in [1.82, 2.24) is 29.0 Å². The number of hydrogen-bond acceptors (Lipinski definition) is 5. The van der Waals surface area contributed by atoms with Crippen molar-refractivity contribution in [1.29, 1.82) is 0 Å². The Bertz CT molecular complexity index is 1040. The predicted octanol–water partition coefficient (Wildman–Crippen LogP) is 1.01. The average molecular weight is 360 g/mol. The Balaban J connectivity index is 1.51. The third kappa shape index (κ3) is 2.93. The highest BCUT2D eigenvalue weighted by Gasteiger charge is 2.22. The number of pyridine rings is 1. The van der Waals surface area contributed by atoms with E-state index in [4.69, 9.17) is 0 Å². The summed E-state index contributed by atoms with van der Waals surface area (Å²) in [5.41, 5.74) is 1.44. The van der Waals surface area contributed by atoms with E-state index < -0.39 is 10.0 Å². The standard InChI is InChI=1S/C16H20N6O2S/c1-11-14-7-13(9-18-16(14)21(2)20-11)25(23,24)19-8-12-3-4-15-17-5-6-22(15)10-12/h5-7,9,12,19H,3-4,8,10H2,1-2H3/t12-/m1/s1. The Morgan fingerprint density at radius 1 is 1.36 bits per heavy atom. The molecular formula is C16H20N6O2S. The van der Waals surface area contributed by atoms with Gasteiger partial charge >= 0.3 is 0 Å². The molecule has 25 heavy (non-hydrogen) atoms. The van der Waals surface area contributed by atoms with Gasteiger partial charge in [-0.25, -0.2) is 23.1 Å². The van der Waals surface area contributed by atoms with Crippen molar-refractivity contribution in [3.8, 4) is 0 Å². The number of aromatic nitrogens is 5. The highest BCUT2D eigenvalue weighted by atomic mass is 32.2. The van der Waals surface area contributed by atoms with Crippen LogP contribution in [0.2, 0.25) is 0 Å². The molecule has 0 unspecified atom stereocenters. The van der Waals surface area contributed by atoms with Gasteiger partial charge in [-0.2, -0.15) is 5.10 Å². The molecule has 3 aromatic rings. The van der Waals surface area contributed by atoms with Crippen LogP contribution in [0.1, 0.15) is 17.9 Å². The minimum Gasteiger partial charge on any atom is -0.335 e. The quantitative estimate of drug-likeness (QED) is 0.749. The lowest BCUT2D eigenvalue weighted by Gasteiger charge is -2.23. The normalized spacial score (nSPS) is 17.8. The lowest BCUT2D eigenvalue weighted by molar-refractivity contribution is 0.363. The topological polar surface area (TPSA) is 94.7 Å². The van der Waals surface area contributed by atoms with E-state index in [0.29, 0.717) is 12.2 Å². The molecule has 0 saturated heterocycles.